The first-order valence-corrected chi connectivity index (χ1v) is 8.21. The number of fused-ring (bicyclic) bond motifs is 1. The zero-order valence-corrected chi connectivity index (χ0v) is 13.2. The second kappa shape index (κ2) is 5.74. The molecule has 0 bridgehead atoms. The number of carbonyl (C=O) groups excluding carboxylic acids is 1. The maximum Gasteiger partial charge on any atom is 0.274 e. The van der Waals surface area contributed by atoms with Crippen molar-refractivity contribution in [1.29, 1.82) is 0 Å². The van der Waals surface area contributed by atoms with Gasteiger partial charge in [0.1, 0.15) is 0 Å². The molecule has 7 heteroatoms. The molecule has 1 aliphatic heterocycles. The largest absolute Gasteiger partial charge is 0.337 e. The van der Waals surface area contributed by atoms with Gasteiger partial charge >= 0.3 is 0 Å². The van der Waals surface area contributed by atoms with Crippen molar-refractivity contribution >= 4 is 11.6 Å². The Bertz CT molecular complexity index is 789. The molecule has 0 radical (unpaired) electrons. The van der Waals surface area contributed by atoms with E-state index in [4.69, 9.17) is 0 Å². The minimum atomic E-state index is -0.442. The summed E-state index contributed by atoms with van der Waals surface area (Å²) in [6, 6.07) is 7.89. The summed E-state index contributed by atoms with van der Waals surface area (Å²) < 4.78 is 1.51. The predicted molar refractivity (Wildman–Crippen MR) is 87.0 cm³/mol. The van der Waals surface area contributed by atoms with E-state index in [1.807, 2.05) is 4.90 Å². The monoisotopic (exact) mass is 326 g/mol. The highest BCUT2D eigenvalue weighted by Crippen LogP contribution is 2.38. The van der Waals surface area contributed by atoms with Crippen molar-refractivity contribution in [2.45, 2.75) is 19.3 Å². The van der Waals surface area contributed by atoms with Gasteiger partial charge in [-0.3, -0.25) is 14.9 Å². The number of nitro benzene ring substituents is 1. The molecule has 2 aromatic rings. The van der Waals surface area contributed by atoms with Gasteiger partial charge in [0.05, 0.1) is 10.6 Å². The Hall–Kier alpha value is -2.70. The van der Waals surface area contributed by atoms with Gasteiger partial charge in [-0.1, -0.05) is 12.5 Å². The standard InChI is InChI=1S/C17H18N4O3/c22-17(19-10-12-3-1-4-13(12)11-19)16-7-8-20(18-16)14-5-2-6-15(9-14)21(23)24/h2,5-9,12-13H,1,3-4,10-11H2. The molecule has 2 aliphatic rings. The molecule has 2 atom stereocenters. The summed E-state index contributed by atoms with van der Waals surface area (Å²) >= 11 is 0. The van der Waals surface area contributed by atoms with Crippen molar-refractivity contribution in [2.24, 2.45) is 11.8 Å². The highest BCUT2D eigenvalue weighted by molar-refractivity contribution is 5.92. The van der Waals surface area contributed by atoms with Crippen LogP contribution in [-0.4, -0.2) is 38.6 Å². The lowest BCUT2D eigenvalue weighted by atomic mass is 10.0. The van der Waals surface area contributed by atoms with Crippen LogP contribution in [0.3, 0.4) is 0 Å². The van der Waals surface area contributed by atoms with Crippen LogP contribution < -0.4 is 0 Å². The number of carbonyl (C=O) groups is 1. The molecule has 1 saturated carbocycles. The summed E-state index contributed by atoms with van der Waals surface area (Å²) in [5, 5.41) is 15.2. The average Bonchev–Trinajstić information content (AvgIpc) is 3.29. The Kier molecular flexibility index (Phi) is 3.55. The van der Waals surface area contributed by atoms with E-state index in [1.165, 1.54) is 36.1 Å². The molecule has 1 amide bonds. The van der Waals surface area contributed by atoms with E-state index in [9.17, 15) is 14.9 Å². The molecule has 1 aromatic carbocycles. The molecule has 24 heavy (non-hydrogen) atoms. The fourth-order valence-electron chi connectivity index (χ4n) is 3.89. The molecule has 124 valence electrons. The number of aromatic nitrogens is 2. The number of likely N-dealkylation sites (tertiary alicyclic amines) is 1. The highest BCUT2D eigenvalue weighted by Gasteiger charge is 2.38. The van der Waals surface area contributed by atoms with Crippen LogP contribution in [0.15, 0.2) is 36.5 Å². The Balaban J connectivity index is 1.53. The van der Waals surface area contributed by atoms with E-state index in [2.05, 4.69) is 5.10 Å². The maximum absolute atomic E-state index is 12.6. The summed E-state index contributed by atoms with van der Waals surface area (Å²) in [7, 11) is 0. The fourth-order valence-corrected chi connectivity index (χ4v) is 3.89. The molecule has 2 fully saturated rings. The smallest absolute Gasteiger partial charge is 0.274 e. The van der Waals surface area contributed by atoms with Crippen molar-refractivity contribution in [1.82, 2.24) is 14.7 Å². The summed E-state index contributed by atoms with van der Waals surface area (Å²) in [6.45, 7) is 1.65. The average molecular weight is 326 g/mol. The number of nitro groups is 1. The van der Waals surface area contributed by atoms with Crippen LogP contribution in [0.4, 0.5) is 5.69 Å². The lowest BCUT2D eigenvalue weighted by Gasteiger charge is -2.15. The molecular weight excluding hydrogens is 308 g/mol. The zero-order chi connectivity index (χ0) is 16.7. The van der Waals surface area contributed by atoms with E-state index in [0.29, 0.717) is 23.2 Å². The second-order valence-corrected chi connectivity index (χ2v) is 6.58. The molecule has 2 heterocycles. The third kappa shape index (κ3) is 2.55. The van der Waals surface area contributed by atoms with Gasteiger partial charge in [0.25, 0.3) is 11.6 Å². The van der Waals surface area contributed by atoms with E-state index < -0.39 is 4.92 Å². The van der Waals surface area contributed by atoms with Crippen LogP contribution in [-0.2, 0) is 0 Å². The lowest BCUT2D eigenvalue weighted by Crippen LogP contribution is -2.29. The van der Waals surface area contributed by atoms with Crippen molar-refractivity contribution in [2.75, 3.05) is 13.1 Å². The predicted octanol–water partition coefficient (Wildman–Crippen LogP) is 2.65. The van der Waals surface area contributed by atoms with E-state index >= 15 is 0 Å². The number of nitrogens with zero attached hydrogens (tertiary/aromatic N) is 4. The number of hydrogen-bond acceptors (Lipinski definition) is 4. The van der Waals surface area contributed by atoms with Gasteiger partial charge in [-0.2, -0.15) is 5.10 Å². The van der Waals surface area contributed by atoms with E-state index in [0.717, 1.165) is 13.1 Å². The third-order valence-corrected chi connectivity index (χ3v) is 5.13. The van der Waals surface area contributed by atoms with Gasteiger partial charge in [0.15, 0.2) is 5.69 Å². The zero-order valence-electron chi connectivity index (χ0n) is 13.2. The highest BCUT2D eigenvalue weighted by atomic mass is 16.6. The van der Waals surface area contributed by atoms with Crippen LogP contribution in [0.1, 0.15) is 29.8 Å². The Morgan fingerprint density at radius 3 is 2.67 bits per heavy atom. The molecule has 1 saturated heterocycles. The van der Waals surface area contributed by atoms with Gasteiger partial charge < -0.3 is 4.90 Å². The summed E-state index contributed by atoms with van der Waals surface area (Å²) in [4.78, 5) is 25.0. The molecule has 0 N–H and O–H groups in total. The number of amides is 1. The number of hydrogen-bond donors (Lipinski definition) is 0. The quantitative estimate of drug-likeness (QED) is 0.641. The molecule has 4 rings (SSSR count). The lowest BCUT2D eigenvalue weighted by molar-refractivity contribution is -0.384. The molecule has 0 spiro atoms. The second-order valence-electron chi connectivity index (χ2n) is 6.58. The SMILES string of the molecule is O=C(c1ccn(-c2cccc([N+](=O)[O-])c2)n1)N1CC2CCCC2C1. The van der Waals surface area contributed by atoms with Gasteiger partial charge in [-0.25, -0.2) is 4.68 Å². The summed E-state index contributed by atoms with van der Waals surface area (Å²) in [6.07, 6.45) is 5.38. The number of benzene rings is 1. The minimum Gasteiger partial charge on any atom is -0.337 e. The summed E-state index contributed by atoms with van der Waals surface area (Å²) in [5.41, 5.74) is 0.964. The van der Waals surface area contributed by atoms with Crippen molar-refractivity contribution in [3.63, 3.8) is 0 Å². The van der Waals surface area contributed by atoms with Crippen molar-refractivity contribution in [3.05, 3.63) is 52.3 Å². The van der Waals surface area contributed by atoms with Crippen LogP contribution in [0, 0.1) is 22.0 Å². The normalized spacial score (nSPS) is 22.6. The van der Waals surface area contributed by atoms with Gasteiger partial charge in [0.2, 0.25) is 0 Å². The van der Waals surface area contributed by atoms with Gasteiger partial charge in [-0.05, 0) is 36.8 Å². The Morgan fingerprint density at radius 2 is 1.96 bits per heavy atom. The molecule has 1 aliphatic carbocycles. The van der Waals surface area contributed by atoms with Gasteiger partial charge in [0, 0.05) is 31.4 Å². The van der Waals surface area contributed by atoms with Crippen molar-refractivity contribution < 1.29 is 9.72 Å². The van der Waals surface area contributed by atoms with E-state index in [-0.39, 0.29) is 11.6 Å². The summed E-state index contributed by atoms with van der Waals surface area (Å²) in [5.74, 6) is 1.24. The number of rotatable bonds is 3. The third-order valence-electron chi connectivity index (χ3n) is 5.13. The van der Waals surface area contributed by atoms with Crippen LogP contribution >= 0.6 is 0 Å². The fraction of sp³-hybridized carbons (Fsp3) is 0.412. The van der Waals surface area contributed by atoms with Crippen LogP contribution in [0.2, 0.25) is 0 Å². The van der Waals surface area contributed by atoms with E-state index in [1.54, 1.807) is 24.4 Å². The maximum atomic E-state index is 12.6. The Morgan fingerprint density at radius 1 is 1.21 bits per heavy atom. The van der Waals surface area contributed by atoms with Crippen LogP contribution in [0.25, 0.3) is 5.69 Å². The first-order valence-electron chi connectivity index (χ1n) is 8.21. The van der Waals surface area contributed by atoms with Gasteiger partial charge in [-0.15, -0.1) is 0 Å². The first-order chi connectivity index (χ1) is 11.6. The molecular formula is C17H18N4O3. The Labute approximate surface area is 139 Å². The first kappa shape index (κ1) is 14.9. The number of non-ortho nitro benzene ring substituents is 1. The molecule has 1 aromatic heterocycles. The topological polar surface area (TPSA) is 81.3 Å². The van der Waals surface area contributed by atoms with Crippen LogP contribution in [0.5, 0.6) is 0 Å². The molecule has 7 nitrogen and oxygen atoms in total. The minimum absolute atomic E-state index is 0.00300. The van der Waals surface area contributed by atoms with Crippen molar-refractivity contribution in [3.8, 4) is 5.69 Å². The molecule has 2 unspecified atom stereocenters.